The zero-order chi connectivity index (χ0) is 13.8. The standard InChI is InChI=1S/C15H14BrClFN/c1-10(11-3-2-4-14(17)8-11)19-9-12-7-13(16)5-6-15(12)18/h2-8,10,19H,9H2,1H3/t10-/m1/s1. The van der Waals surface area contributed by atoms with E-state index in [0.29, 0.717) is 17.1 Å². The minimum absolute atomic E-state index is 0.108. The van der Waals surface area contributed by atoms with E-state index < -0.39 is 0 Å². The highest BCUT2D eigenvalue weighted by Crippen LogP contribution is 2.19. The lowest BCUT2D eigenvalue weighted by atomic mass is 10.1. The summed E-state index contributed by atoms with van der Waals surface area (Å²) in [6.07, 6.45) is 0. The van der Waals surface area contributed by atoms with Gasteiger partial charge in [0.05, 0.1) is 0 Å². The number of benzene rings is 2. The van der Waals surface area contributed by atoms with Gasteiger partial charge in [-0.05, 0) is 42.8 Å². The zero-order valence-electron chi connectivity index (χ0n) is 10.5. The van der Waals surface area contributed by atoms with Crippen molar-refractivity contribution in [2.45, 2.75) is 19.5 Å². The molecule has 0 fully saturated rings. The molecule has 0 spiro atoms. The molecule has 0 bridgehead atoms. The average molecular weight is 343 g/mol. The first-order chi connectivity index (χ1) is 9.06. The third-order valence-electron chi connectivity index (χ3n) is 2.96. The van der Waals surface area contributed by atoms with E-state index >= 15 is 0 Å². The van der Waals surface area contributed by atoms with Crippen molar-refractivity contribution < 1.29 is 4.39 Å². The third kappa shape index (κ3) is 4.03. The largest absolute Gasteiger partial charge is 0.306 e. The Morgan fingerprint density at radius 2 is 2.05 bits per heavy atom. The van der Waals surface area contributed by atoms with Gasteiger partial charge in [0.2, 0.25) is 0 Å². The fourth-order valence-corrected chi connectivity index (χ4v) is 2.44. The van der Waals surface area contributed by atoms with Crippen molar-refractivity contribution in [3.8, 4) is 0 Å². The van der Waals surface area contributed by atoms with Crippen molar-refractivity contribution >= 4 is 27.5 Å². The summed E-state index contributed by atoms with van der Waals surface area (Å²) in [4.78, 5) is 0. The normalized spacial score (nSPS) is 12.4. The summed E-state index contributed by atoms with van der Waals surface area (Å²) in [6.45, 7) is 2.50. The van der Waals surface area contributed by atoms with Crippen molar-refractivity contribution in [3.05, 3.63) is 68.9 Å². The summed E-state index contributed by atoms with van der Waals surface area (Å²) >= 11 is 9.30. The van der Waals surface area contributed by atoms with Crippen molar-refractivity contribution in [3.63, 3.8) is 0 Å². The van der Waals surface area contributed by atoms with Crippen LogP contribution >= 0.6 is 27.5 Å². The number of hydrogen-bond acceptors (Lipinski definition) is 1. The molecule has 2 aromatic rings. The number of halogens is 3. The van der Waals surface area contributed by atoms with Crippen LogP contribution in [0.2, 0.25) is 5.02 Å². The van der Waals surface area contributed by atoms with E-state index in [0.717, 1.165) is 10.0 Å². The molecule has 0 radical (unpaired) electrons. The molecule has 0 aliphatic carbocycles. The molecule has 0 aromatic heterocycles. The fraction of sp³-hybridized carbons (Fsp3) is 0.200. The van der Waals surface area contributed by atoms with Gasteiger partial charge in [-0.3, -0.25) is 0 Å². The highest BCUT2D eigenvalue weighted by atomic mass is 79.9. The van der Waals surface area contributed by atoms with Crippen LogP contribution in [0.4, 0.5) is 4.39 Å². The predicted octanol–water partition coefficient (Wildman–Crippen LogP) is 5.09. The molecular formula is C15H14BrClFN. The van der Waals surface area contributed by atoms with Gasteiger partial charge in [0.1, 0.15) is 5.82 Å². The average Bonchev–Trinajstić information content (AvgIpc) is 2.39. The van der Waals surface area contributed by atoms with E-state index in [9.17, 15) is 4.39 Å². The van der Waals surface area contributed by atoms with Crippen LogP contribution in [0, 0.1) is 5.82 Å². The molecule has 0 heterocycles. The van der Waals surface area contributed by atoms with E-state index in [4.69, 9.17) is 11.6 Å². The van der Waals surface area contributed by atoms with Crippen LogP contribution in [0.1, 0.15) is 24.1 Å². The Hall–Kier alpha value is -0.900. The van der Waals surface area contributed by atoms with Gasteiger partial charge in [0, 0.05) is 27.6 Å². The number of nitrogens with one attached hydrogen (secondary N) is 1. The Morgan fingerprint density at radius 3 is 2.79 bits per heavy atom. The van der Waals surface area contributed by atoms with E-state index in [1.807, 2.05) is 31.2 Å². The lowest BCUT2D eigenvalue weighted by Gasteiger charge is -2.15. The van der Waals surface area contributed by atoms with Gasteiger partial charge in [0.25, 0.3) is 0 Å². The number of rotatable bonds is 4. The monoisotopic (exact) mass is 341 g/mol. The molecular weight excluding hydrogens is 329 g/mol. The van der Waals surface area contributed by atoms with Crippen LogP contribution in [0.3, 0.4) is 0 Å². The molecule has 2 aromatic carbocycles. The number of hydrogen-bond donors (Lipinski definition) is 1. The lowest BCUT2D eigenvalue weighted by molar-refractivity contribution is 0.544. The molecule has 1 N–H and O–H groups in total. The maximum absolute atomic E-state index is 13.6. The van der Waals surface area contributed by atoms with Gasteiger partial charge in [-0.2, -0.15) is 0 Å². The predicted molar refractivity (Wildman–Crippen MR) is 80.8 cm³/mol. The van der Waals surface area contributed by atoms with E-state index in [1.54, 1.807) is 12.1 Å². The molecule has 1 nitrogen and oxygen atoms in total. The zero-order valence-corrected chi connectivity index (χ0v) is 12.8. The van der Waals surface area contributed by atoms with Gasteiger partial charge < -0.3 is 5.32 Å². The smallest absolute Gasteiger partial charge is 0.127 e. The summed E-state index contributed by atoms with van der Waals surface area (Å²) in [5.74, 6) is -0.200. The molecule has 0 aliphatic heterocycles. The quantitative estimate of drug-likeness (QED) is 0.816. The highest BCUT2D eigenvalue weighted by Gasteiger charge is 2.08. The van der Waals surface area contributed by atoms with Crippen LogP contribution in [-0.2, 0) is 6.54 Å². The molecule has 0 saturated heterocycles. The maximum Gasteiger partial charge on any atom is 0.127 e. The first-order valence-electron chi connectivity index (χ1n) is 5.99. The Bertz CT molecular complexity index is 574. The first-order valence-corrected chi connectivity index (χ1v) is 7.16. The van der Waals surface area contributed by atoms with Gasteiger partial charge in [-0.15, -0.1) is 0 Å². The van der Waals surface area contributed by atoms with Gasteiger partial charge in [0.15, 0.2) is 0 Å². The van der Waals surface area contributed by atoms with Gasteiger partial charge in [-0.25, -0.2) is 4.39 Å². The summed E-state index contributed by atoms with van der Waals surface area (Å²) in [6, 6.07) is 12.7. The highest BCUT2D eigenvalue weighted by molar-refractivity contribution is 9.10. The molecule has 2 rings (SSSR count). The Morgan fingerprint density at radius 1 is 1.26 bits per heavy atom. The van der Waals surface area contributed by atoms with Gasteiger partial charge >= 0.3 is 0 Å². The van der Waals surface area contributed by atoms with Crippen molar-refractivity contribution in [2.24, 2.45) is 0 Å². The summed E-state index contributed by atoms with van der Waals surface area (Å²) < 4.78 is 14.5. The lowest BCUT2D eigenvalue weighted by Crippen LogP contribution is -2.18. The Labute approximate surface area is 125 Å². The molecule has 0 unspecified atom stereocenters. The van der Waals surface area contributed by atoms with Crippen molar-refractivity contribution in [1.29, 1.82) is 0 Å². The second-order valence-electron chi connectivity index (χ2n) is 4.39. The van der Waals surface area contributed by atoms with E-state index in [-0.39, 0.29) is 11.9 Å². The van der Waals surface area contributed by atoms with Crippen LogP contribution in [0.25, 0.3) is 0 Å². The maximum atomic E-state index is 13.6. The molecule has 0 saturated carbocycles. The summed E-state index contributed by atoms with van der Waals surface area (Å²) in [7, 11) is 0. The van der Waals surface area contributed by atoms with Crippen LogP contribution < -0.4 is 5.32 Å². The second-order valence-corrected chi connectivity index (χ2v) is 5.75. The SMILES string of the molecule is C[C@@H](NCc1cc(Br)ccc1F)c1cccc(Cl)c1. The molecule has 4 heteroatoms. The first kappa shape index (κ1) is 14.5. The second kappa shape index (κ2) is 6.51. The minimum Gasteiger partial charge on any atom is -0.306 e. The van der Waals surface area contributed by atoms with Crippen molar-refractivity contribution in [1.82, 2.24) is 5.32 Å². The molecule has 1 atom stereocenters. The van der Waals surface area contributed by atoms with Gasteiger partial charge in [-0.1, -0.05) is 39.7 Å². The minimum atomic E-state index is -0.200. The third-order valence-corrected chi connectivity index (χ3v) is 3.68. The molecule has 0 amide bonds. The van der Waals surface area contributed by atoms with Crippen LogP contribution in [0.15, 0.2) is 46.9 Å². The molecule has 19 heavy (non-hydrogen) atoms. The van der Waals surface area contributed by atoms with E-state index in [2.05, 4.69) is 21.2 Å². The summed E-state index contributed by atoms with van der Waals surface area (Å²) in [5, 5.41) is 4.00. The topological polar surface area (TPSA) is 12.0 Å². The van der Waals surface area contributed by atoms with Crippen LogP contribution in [0.5, 0.6) is 0 Å². The van der Waals surface area contributed by atoms with Crippen LogP contribution in [-0.4, -0.2) is 0 Å². The molecule has 0 aliphatic rings. The fourth-order valence-electron chi connectivity index (χ4n) is 1.84. The summed E-state index contributed by atoms with van der Waals surface area (Å²) in [5.41, 5.74) is 1.73. The Kier molecular flexibility index (Phi) is 4.97. The Balaban J connectivity index is 2.04. The van der Waals surface area contributed by atoms with E-state index in [1.165, 1.54) is 6.07 Å². The van der Waals surface area contributed by atoms with Crippen molar-refractivity contribution in [2.75, 3.05) is 0 Å². The molecule has 100 valence electrons.